The van der Waals surface area contributed by atoms with E-state index >= 15 is 0 Å². The van der Waals surface area contributed by atoms with Crippen LogP contribution in [0.2, 0.25) is 0 Å². The molecule has 0 unspecified atom stereocenters. The van der Waals surface area contributed by atoms with E-state index < -0.39 is 12.6 Å². The van der Waals surface area contributed by atoms with Gasteiger partial charge in [0.2, 0.25) is 5.88 Å². The van der Waals surface area contributed by atoms with Gasteiger partial charge in [-0.15, -0.1) is 0 Å². The van der Waals surface area contributed by atoms with Crippen LogP contribution in [-0.2, 0) is 0 Å². The van der Waals surface area contributed by atoms with Gasteiger partial charge in [-0.25, -0.2) is 4.98 Å². The molecule has 0 spiro atoms. The molecular formula is C13H18F3N3O. The summed E-state index contributed by atoms with van der Waals surface area (Å²) < 4.78 is 41.4. The molecule has 1 aliphatic rings. The summed E-state index contributed by atoms with van der Waals surface area (Å²) >= 11 is 0. The number of hydrogen-bond donors (Lipinski definition) is 1. The van der Waals surface area contributed by atoms with E-state index in [4.69, 9.17) is 4.74 Å². The van der Waals surface area contributed by atoms with Crippen LogP contribution < -0.4 is 10.1 Å². The van der Waals surface area contributed by atoms with E-state index in [9.17, 15) is 13.2 Å². The minimum absolute atomic E-state index is 0.00615. The van der Waals surface area contributed by atoms with Gasteiger partial charge in [0.25, 0.3) is 0 Å². The first kappa shape index (κ1) is 14.9. The van der Waals surface area contributed by atoms with E-state index in [0.29, 0.717) is 30.0 Å². The van der Waals surface area contributed by atoms with Crippen molar-refractivity contribution in [1.29, 1.82) is 0 Å². The third-order valence-electron chi connectivity index (χ3n) is 2.87. The maximum atomic E-state index is 12.0. The molecular weight excluding hydrogens is 271 g/mol. The third-order valence-corrected chi connectivity index (χ3v) is 2.87. The lowest BCUT2D eigenvalue weighted by Gasteiger charge is -2.10. The summed E-state index contributed by atoms with van der Waals surface area (Å²) in [7, 11) is 0. The lowest BCUT2D eigenvalue weighted by Crippen LogP contribution is -2.11. The van der Waals surface area contributed by atoms with E-state index in [1.807, 2.05) is 6.92 Å². The van der Waals surface area contributed by atoms with E-state index in [2.05, 4.69) is 15.3 Å². The number of nitrogens with zero attached hydrogens (tertiary/aromatic N) is 2. The fourth-order valence-electron chi connectivity index (χ4n) is 1.76. The van der Waals surface area contributed by atoms with Crippen LogP contribution in [0.25, 0.3) is 0 Å². The Bertz CT molecular complexity index is 447. The summed E-state index contributed by atoms with van der Waals surface area (Å²) in [6.07, 6.45) is -2.92. The zero-order valence-electron chi connectivity index (χ0n) is 11.3. The van der Waals surface area contributed by atoms with Gasteiger partial charge in [-0.3, -0.25) is 0 Å². The molecule has 1 saturated carbocycles. The lowest BCUT2D eigenvalue weighted by atomic mass is 10.3. The molecule has 1 N–H and O–H groups in total. The summed E-state index contributed by atoms with van der Waals surface area (Å²) in [5, 5.41) is 3.07. The van der Waals surface area contributed by atoms with Crippen molar-refractivity contribution in [3.8, 4) is 5.88 Å². The van der Waals surface area contributed by atoms with E-state index in [-0.39, 0.29) is 13.0 Å². The maximum absolute atomic E-state index is 12.0. The Labute approximate surface area is 115 Å². The van der Waals surface area contributed by atoms with Crippen molar-refractivity contribution >= 4 is 5.82 Å². The van der Waals surface area contributed by atoms with Crippen molar-refractivity contribution in [3.63, 3.8) is 0 Å². The summed E-state index contributed by atoms with van der Waals surface area (Å²) in [5.74, 6) is 2.09. The number of halogens is 3. The largest absolute Gasteiger partial charge is 0.478 e. The van der Waals surface area contributed by atoms with Crippen molar-refractivity contribution in [2.75, 3.05) is 18.5 Å². The van der Waals surface area contributed by atoms with Crippen LogP contribution in [0, 0.1) is 0 Å². The molecule has 0 aromatic carbocycles. The van der Waals surface area contributed by atoms with E-state index in [0.717, 1.165) is 12.8 Å². The first-order chi connectivity index (χ1) is 9.48. The van der Waals surface area contributed by atoms with Gasteiger partial charge in [0, 0.05) is 24.9 Å². The average molecular weight is 289 g/mol. The standard InChI is InChI=1S/C13H18F3N3O/c1-2-17-10-8-11(19-12(18-10)9-4-5-9)20-7-3-6-13(14,15)16/h8-9H,2-7H2,1H3,(H,17,18,19). The number of hydrogen-bond acceptors (Lipinski definition) is 4. The predicted molar refractivity (Wildman–Crippen MR) is 69.0 cm³/mol. The Kier molecular flexibility index (Phi) is 4.67. The SMILES string of the molecule is CCNc1cc(OCCCC(F)(F)F)nc(C2CC2)n1. The highest BCUT2D eigenvalue weighted by Crippen LogP contribution is 2.39. The number of ether oxygens (including phenoxy) is 1. The van der Waals surface area contributed by atoms with Crippen molar-refractivity contribution in [2.24, 2.45) is 0 Å². The Morgan fingerprint density at radius 1 is 1.35 bits per heavy atom. The highest BCUT2D eigenvalue weighted by molar-refractivity contribution is 5.39. The van der Waals surface area contributed by atoms with Gasteiger partial charge in [0.05, 0.1) is 6.61 Å². The van der Waals surface area contributed by atoms with Crippen LogP contribution in [0.4, 0.5) is 19.0 Å². The van der Waals surface area contributed by atoms with Crippen molar-refractivity contribution in [3.05, 3.63) is 11.9 Å². The van der Waals surface area contributed by atoms with E-state index in [1.165, 1.54) is 0 Å². The number of alkyl halides is 3. The first-order valence-electron chi connectivity index (χ1n) is 6.80. The molecule has 112 valence electrons. The molecule has 2 rings (SSSR count). The Hall–Kier alpha value is -1.53. The molecule has 0 bridgehead atoms. The number of anilines is 1. The van der Waals surface area contributed by atoms with Crippen molar-refractivity contribution < 1.29 is 17.9 Å². The molecule has 0 atom stereocenters. The number of nitrogens with one attached hydrogen (secondary N) is 1. The Morgan fingerprint density at radius 2 is 2.10 bits per heavy atom. The molecule has 1 heterocycles. The fourth-order valence-corrected chi connectivity index (χ4v) is 1.76. The van der Waals surface area contributed by atoms with Crippen LogP contribution in [0.15, 0.2) is 6.07 Å². The molecule has 7 heteroatoms. The van der Waals surface area contributed by atoms with Gasteiger partial charge in [-0.05, 0) is 26.2 Å². The van der Waals surface area contributed by atoms with Gasteiger partial charge in [0.1, 0.15) is 11.6 Å². The zero-order valence-corrected chi connectivity index (χ0v) is 11.3. The molecule has 1 aromatic rings. The normalized spacial score (nSPS) is 15.2. The predicted octanol–water partition coefficient (Wildman–Crippen LogP) is 3.51. The summed E-state index contributed by atoms with van der Waals surface area (Å²) in [6, 6.07) is 1.63. The zero-order chi connectivity index (χ0) is 14.6. The third kappa shape index (κ3) is 4.86. The maximum Gasteiger partial charge on any atom is 0.389 e. The molecule has 20 heavy (non-hydrogen) atoms. The van der Waals surface area contributed by atoms with Gasteiger partial charge in [0.15, 0.2) is 0 Å². The second kappa shape index (κ2) is 6.28. The van der Waals surface area contributed by atoms with Gasteiger partial charge in [-0.1, -0.05) is 0 Å². The average Bonchev–Trinajstić information content (AvgIpc) is 3.18. The minimum atomic E-state index is -4.14. The smallest absolute Gasteiger partial charge is 0.389 e. The van der Waals surface area contributed by atoms with E-state index in [1.54, 1.807) is 6.07 Å². The van der Waals surface area contributed by atoms with Crippen LogP contribution >= 0.6 is 0 Å². The van der Waals surface area contributed by atoms with Crippen LogP contribution in [0.3, 0.4) is 0 Å². The molecule has 0 aliphatic heterocycles. The number of rotatable bonds is 7. The molecule has 0 saturated heterocycles. The molecule has 1 aromatic heterocycles. The van der Waals surface area contributed by atoms with Crippen LogP contribution in [0.1, 0.15) is 44.3 Å². The first-order valence-corrected chi connectivity index (χ1v) is 6.80. The molecule has 4 nitrogen and oxygen atoms in total. The summed E-state index contributed by atoms with van der Waals surface area (Å²) in [5.41, 5.74) is 0. The van der Waals surface area contributed by atoms with Gasteiger partial charge < -0.3 is 10.1 Å². The number of aromatic nitrogens is 2. The lowest BCUT2D eigenvalue weighted by molar-refractivity contribution is -0.136. The Morgan fingerprint density at radius 3 is 2.70 bits per heavy atom. The Balaban J connectivity index is 1.92. The fraction of sp³-hybridized carbons (Fsp3) is 0.692. The second-order valence-electron chi connectivity index (χ2n) is 4.82. The molecule has 1 fully saturated rings. The quantitative estimate of drug-likeness (QED) is 0.780. The highest BCUT2D eigenvalue weighted by atomic mass is 19.4. The summed E-state index contributed by atoms with van der Waals surface area (Å²) in [6.45, 7) is 2.67. The molecule has 0 amide bonds. The highest BCUT2D eigenvalue weighted by Gasteiger charge is 2.28. The van der Waals surface area contributed by atoms with Crippen molar-refractivity contribution in [2.45, 2.75) is 44.7 Å². The monoisotopic (exact) mass is 289 g/mol. The van der Waals surface area contributed by atoms with Crippen LogP contribution in [0.5, 0.6) is 5.88 Å². The second-order valence-corrected chi connectivity index (χ2v) is 4.82. The summed E-state index contributed by atoms with van der Waals surface area (Å²) in [4.78, 5) is 8.63. The molecule has 1 aliphatic carbocycles. The minimum Gasteiger partial charge on any atom is -0.478 e. The topological polar surface area (TPSA) is 47.0 Å². The van der Waals surface area contributed by atoms with Crippen molar-refractivity contribution in [1.82, 2.24) is 9.97 Å². The van der Waals surface area contributed by atoms with Gasteiger partial charge >= 0.3 is 6.18 Å². The molecule has 0 radical (unpaired) electrons. The van der Waals surface area contributed by atoms with Gasteiger partial charge in [-0.2, -0.15) is 18.2 Å². The van der Waals surface area contributed by atoms with Crippen LogP contribution in [-0.4, -0.2) is 29.3 Å².